The van der Waals surface area contributed by atoms with E-state index in [0.29, 0.717) is 17.2 Å². The van der Waals surface area contributed by atoms with Gasteiger partial charge in [0.1, 0.15) is 11.6 Å². The third-order valence-corrected chi connectivity index (χ3v) is 3.93. The van der Waals surface area contributed by atoms with Crippen LogP contribution in [-0.2, 0) is 5.75 Å². The first kappa shape index (κ1) is 15.4. The molecule has 2 aromatic carbocycles. The predicted molar refractivity (Wildman–Crippen MR) is 84.9 cm³/mol. The van der Waals surface area contributed by atoms with Crippen molar-refractivity contribution < 1.29 is 9.13 Å². The number of rotatable bonds is 4. The molecule has 0 heterocycles. The van der Waals surface area contributed by atoms with Crippen molar-refractivity contribution in [3.05, 3.63) is 59.4 Å². The standard InChI is InChI=1S/C17H16FNOS/c1-20-16-9-8-13(5-4-10-19)11-14(16)12-21-17-7-3-2-6-15(17)18/h2-3,6-9,11H,10,12,19H2,1H3. The molecule has 0 unspecified atom stereocenters. The fourth-order valence-corrected chi connectivity index (χ4v) is 2.76. The Labute approximate surface area is 128 Å². The van der Waals surface area contributed by atoms with E-state index in [0.717, 1.165) is 16.9 Å². The predicted octanol–water partition coefficient (Wildman–Crippen LogP) is 3.44. The summed E-state index contributed by atoms with van der Waals surface area (Å²) in [6.45, 7) is 0.325. The quantitative estimate of drug-likeness (QED) is 0.694. The number of halogens is 1. The molecule has 0 aliphatic carbocycles. The van der Waals surface area contributed by atoms with Gasteiger partial charge in [-0.15, -0.1) is 11.8 Å². The average molecular weight is 301 g/mol. The smallest absolute Gasteiger partial charge is 0.136 e. The molecule has 21 heavy (non-hydrogen) atoms. The van der Waals surface area contributed by atoms with Crippen LogP contribution in [0.1, 0.15) is 11.1 Å². The van der Waals surface area contributed by atoms with Crippen molar-refractivity contribution in [1.29, 1.82) is 0 Å². The van der Waals surface area contributed by atoms with E-state index in [9.17, 15) is 4.39 Å². The molecule has 0 atom stereocenters. The highest BCUT2D eigenvalue weighted by Gasteiger charge is 2.07. The third kappa shape index (κ3) is 4.25. The molecule has 2 aromatic rings. The Bertz CT molecular complexity index is 676. The molecule has 0 saturated carbocycles. The van der Waals surface area contributed by atoms with Crippen molar-refractivity contribution in [2.75, 3.05) is 13.7 Å². The summed E-state index contributed by atoms with van der Waals surface area (Å²) in [6.07, 6.45) is 0. The van der Waals surface area contributed by atoms with E-state index in [4.69, 9.17) is 10.5 Å². The summed E-state index contributed by atoms with van der Waals surface area (Å²) in [4.78, 5) is 0.623. The highest BCUT2D eigenvalue weighted by molar-refractivity contribution is 7.98. The number of hydrogen-bond donors (Lipinski definition) is 1. The molecule has 2 nitrogen and oxygen atoms in total. The first-order valence-electron chi connectivity index (χ1n) is 6.47. The monoisotopic (exact) mass is 301 g/mol. The normalized spacial score (nSPS) is 9.86. The summed E-state index contributed by atoms with van der Waals surface area (Å²) >= 11 is 1.43. The van der Waals surface area contributed by atoms with E-state index < -0.39 is 0 Å². The van der Waals surface area contributed by atoms with Crippen LogP contribution in [0.15, 0.2) is 47.4 Å². The van der Waals surface area contributed by atoms with Crippen molar-refractivity contribution in [2.45, 2.75) is 10.6 Å². The van der Waals surface area contributed by atoms with Crippen molar-refractivity contribution >= 4 is 11.8 Å². The third-order valence-electron chi connectivity index (χ3n) is 2.84. The zero-order chi connectivity index (χ0) is 15.1. The Balaban J connectivity index is 2.19. The maximum absolute atomic E-state index is 13.6. The van der Waals surface area contributed by atoms with Crippen molar-refractivity contribution in [3.63, 3.8) is 0 Å². The van der Waals surface area contributed by atoms with Crippen LogP contribution in [0.25, 0.3) is 0 Å². The molecule has 2 rings (SSSR count). The zero-order valence-electron chi connectivity index (χ0n) is 11.7. The van der Waals surface area contributed by atoms with Crippen LogP contribution in [0.5, 0.6) is 5.75 Å². The van der Waals surface area contributed by atoms with E-state index in [1.807, 2.05) is 24.3 Å². The lowest BCUT2D eigenvalue weighted by Gasteiger charge is -2.09. The van der Waals surface area contributed by atoms with Crippen LogP contribution in [0.4, 0.5) is 4.39 Å². The van der Waals surface area contributed by atoms with E-state index in [-0.39, 0.29) is 5.82 Å². The van der Waals surface area contributed by atoms with Crippen LogP contribution in [-0.4, -0.2) is 13.7 Å². The molecule has 0 aliphatic heterocycles. The number of benzene rings is 2. The minimum absolute atomic E-state index is 0.208. The van der Waals surface area contributed by atoms with Crippen LogP contribution < -0.4 is 10.5 Å². The molecule has 0 bridgehead atoms. The number of thioether (sulfide) groups is 1. The van der Waals surface area contributed by atoms with E-state index >= 15 is 0 Å². The molecule has 4 heteroatoms. The van der Waals surface area contributed by atoms with Gasteiger partial charge >= 0.3 is 0 Å². The van der Waals surface area contributed by atoms with Gasteiger partial charge in [0, 0.05) is 21.8 Å². The summed E-state index contributed by atoms with van der Waals surface area (Å²) in [7, 11) is 1.62. The highest BCUT2D eigenvalue weighted by atomic mass is 32.2. The first-order valence-corrected chi connectivity index (χ1v) is 7.46. The maximum atomic E-state index is 13.6. The van der Waals surface area contributed by atoms with Gasteiger partial charge in [-0.1, -0.05) is 24.0 Å². The summed E-state index contributed by atoms with van der Waals surface area (Å²) in [5.41, 5.74) is 7.24. The number of nitrogens with two attached hydrogens (primary N) is 1. The largest absolute Gasteiger partial charge is 0.496 e. The van der Waals surface area contributed by atoms with Crippen LogP contribution in [0, 0.1) is 17.7 Å². The first-order chi connectivity index (χ1) is 10.2. The van der Waals surface area contributed by atoms with Crippen LogP contribution >= 0.6 is 11.8 Å². The molecule has 0 radical (unpaired) electrons. The Morgan fingerprint density at radius 2 is 2.05 bits per heavy atom. The molecule has 0 saturated heterocycles. The summed E-state index contributed by atoms with van der Waals surface area (Å²) in [6, 6.07) is 12.5. The van der Waals surface area contributed by atoms with Crippen LogP contribution in [0.2, 0.25) is 0 Å². The van der Waals surface area contributed by atoms with Gasteiger partial charge in [-0.3, -0.25) is 0 Å². The van der Waals surface area contributed by atoms with Crippen molar-refractivity contribution in [3.8, 4) is 17.6 Å². The number of ether oxygens (including phenoxy) is 1. The van der Waals surface area contributed by atoms with Gasteiger partial charge in [0.05, 0.1) is 13.7 Å². The minimum Gasteiger partial charge on any atom is -0.496 e. The zero-order valence-corrected chi connectivity index (χ0v) is 12.5. The van der Waals surface area contributed by atoms with Gasteiger partial charge in [0.15, 0.2) is 0 Å². The molecule has 0 fully saturated rings. The second kappa shape index (κ2) is 7.72. The lowest BCUT2D eigenvalue weighted by molar-refractivity contribution is 0.411. The molecule has 0 aromatic heterocycles. The molecular formula is C17H16FNOS. The molecule has 0 amide bonds. The van der Waals surface area contributed by atoms with Gasteiger partial charge < -0.3 is 10.5 Å². The van der Waals surface area contributed by atoms with Crippen molar-refractivity contribution in [1.82, 2.24) is 0 Å². The van der Waals surface area contributed by atoms with E-state index in [2.05, 4.69) is 11.8 Å². The maximum Gasteiger partial charge on any atom is 0.136 e. The lowest BCUT2D eigenvalue weighted by Crippen LogP contribution is -1.94. The Kier molecular flexibility index (Phi) is 5.68. The Morgan fingerprint density at radius 3 is 2.76 bits per heavy atom. The van der Waals surface area contributed by atoms with E-state index in [1.165, 1.54) is 17.8 Å². The number of methoxy groups -OCH3 is 1. The van der Waals surface area contributed by atoms with Gasteiger partial charge in [0.2, 0.25) is 0 Å². The fraction of sp³-hybridized carbons (Fsp3) is 0.176. The van der Waals surface area contributed by atoms with E-state index in [1.54, 1.807) is 19.2 Å². The molecule has 0 aliphatic rings. The van der Waals surface area contributed by atoms with Gasteiger partial charge in [0.25, 0.3) is 0 Å². The molecule has 2 N–H and O–H groups in total. The van der Waals surface area contributed by atoms with Crippen LogP contribution in [0.3, 0.4) is 0 Å². The number of hydrogen-bond acceptors (Lipinski definition) is 3. The molecule has 0 spiro atoms. The fourth-order valence-electron chi connectivity index (χ4n) is 1.84. The Hall–Kier alpha value is -1.96. The van der Waals surface area contributed by atoms with Crippen molar-refractivity contribution in [2.24, 2.45) is 5.73 Å². The summed E-state index contributed by atoms with van der Waals surface area (Å²) in [5, 5.41) is 0. The lowest BCUT2D eigenvalue weighted by atomic mass is 10.1. The summed E-state index contributed by atoms with van der Waals surface area (Å²) in [5.74, 6) is 6.99. The highest BCUT2D eigenvalue weighted by Crippen LogP contribution is 2.30. The Morgan fingerprint density at radius 1 is 1.24 bits per heavy atom. The molecular weight excluding hydrogens is 285 g/mol. The molecule has 108 valence electrons. The van der Waals surface area contributed by atoms with Gasteiger partial charge in [-0.25, -0.2) is 4.39 Å². The van der Waals surface area contributed by atoms with Gasteiger partial charge in [-0.05, 0) is 30.3 Å². The van der Waals surface area contributed by atoms with Gasteiger partial charge in [-0.2, -0.15) is 0 Å². The summed E-state index contributed by atoms with van der Waals surface area (Å²) < 4.78 is 19.0. The SMILES string of the molecule is COc1ccc(C#CCN)cc1CSc1ccccc1F. The second-order valence-electron chi connectivity index (χ2n) is 4.25. The second-order valence-corrected chi connectivity index (χ2v) is 5.27. The minimum atomic E-state index is -0.208. The topological polar surface area (TPSA) is 35.2 Å². The average Bonchev–Trinajstić information content (AvgIpc) is 2.52.